The lowest BCUT2D eigenvalue weighted by Gasteiger charge is -2.58. The van der Waals surface area contributed by atoms with Crippen molar-refractivity contribution in [2.24, 2.45) is 39.7 Å². The molecule has 11 heteroatoms. The fraction of sp³-hybridized carbons (Fsp3) is 0.727. The number of carbonyl (C=O) groups is 4. The molecule has 0 aromatic carbocycles. The summed E-state index contributed by atoms with van der Waals surface area (Å²) in [5.74, 6) is 0.0444. The number of aliphatic hydroxyl groups is 1. The van der Waals surface area contributed by atoms with E-state index in [0.29, 0.717) is 30.6 Å². The van der Waals surface area contributed by atoms with E-state index < -0.39 is 54.5 Å². The van der Waals surface area contributed by atoms with Crippen molar-refractivity contribution >= 4 is 29.5 Å². The van der Waals surface area contributed by atoms with E-state index in [2.05, 4.69) is 41.6 Å². The standard InChI is InChI=1S/C33H47N3O8/c1-6-33(43)16-13-24-22-8-7-20-17-21(11-14-31(20,4)23(22)12-15-32(24,33)5)36-44-18-26(37)35-28(19(2)3)29(40)34-25(30(41)42)9-10-27(38)39/h1,17,19,22-25,28,43H,7-16,18H2,2-5H3,(H,34,40)(H,35,37)(H,38,39)(H,41,42)/t22-,23-,24-,25+,28+,31+,32+,33-/m1/s1. The summed E-state index contributed by atoms with van der Waals surface area (Å²) in [6.07, 6.45) is 14.5. The molecule has 5 N–H and O–H groups in total. The number of allylic oxidation sites excluding steroid dienone is 2. The van der Waals surface area contributed by atoms with E-state index in [9.17, 15) is 29.4 Å². The molecule has 0 aromatic rings. The fourth-order valence-corrected chi connectivity index (χ4v) is 8.61. The highest BCUT2D eigenvalue weighted by atomic mass is 16.6. The summed E-state index contributed by atoms with van der Waals surface area (Å²) in [6.45, 7) is 7.55. The molecule has 3 fully saturated rings. The summed E-state index contributed by atoms with van der Waals surface area (Å²) in [5, 5.41) is 38.6. The van der Waals surface area contributed by atoms with Crippen molar-refractivity contribution in [3.8, 4) is 12.3 Å². The van der Waals surface area contributed by atoms with Gasteiger partial charge in [-0.15, -0.1) is 6.42 Å². The maximum atomic E-state index is 12.8. The Labute approximate surface area is 259 Å². The number of aliphatic carboxylic acids is 2. The minimum absolute atomic E-state index is 0.0492. The van der Waals surface area contributed by atoms with E-state index in [1.165, 1.54) is 5.57 Å². The summed E-state index contributed by atoms with van der Waals surface area (Å²) in [7, 11) is 0. The molecule has 2 amide bonds. The zero-order valence-electron chi connectivity index (χ0n) is 26.2. The summed E-state index contributed by atoms with van der Waals surface area (Å²) >= 11 is 0. The van der Waals surface area contributed by atoms with Gasteiger partial charge in [-0.2, -0.15) is 0 Å². The number of hydrogen-bond donors (Lipinski definition) is 5. The Morgan fingerprint density at radius 3 is 2.41 bits per heavy atom. The summed E-state index contributed by atoms with van der Waals surface area (Å²) in [6, 6.07) is -2.42. The lowest BCUT2D eigenvalue weighted by atomic mass is 9.46. The number of carboxylic acids is 2. The predicted molar refractivity (Wildman–Crippen MR) is 162 cm³/mol. The molecule has 0 aliphatic heterocycles. The molecule has 0 radical (unpaired) electrons. The number of nitrogens with zero attached hydrogens (tertiary/aromatic N) is 1. The van der Waals surface area contributed by atoms with Gasteiger partial charge in [-0.3, -0.25) is 14.4 Å². The summed E-state index contributed by atoms with van der Waals surface area (Å²) in [5.41, 5.74) is 0.931. The third-order valence-corrected chi connectivity index (χ3v) is 11.3. The van der Waals surface area contributed by atoms with Crippen LogP contribution in [-0.4, -0.2) is 69.1 Å². The zero-order valence-corrected chi connectivity index (χ0v) is 26.2. The van der Waals surface area contributed by atoms with Crippen molar-refractivity contribution in [2.75, 3.05) is 6.61 Å². The van der Waals surface area contributed by atoms with Gasteiger partial charge in [-0.05, 0) is 93.0 Å². The van der Waals surface area contributed by atoms with Crippen LogP contribution < -0.4 is 10.6 Å². The molecule has 0 spiro atoms. The molecule has 0 unspecified atom stereocenters. The SMILES string of the molecule is C#C[C@@]1(O)CC[C@@H]2[C@@H]3CCC4=CC(=NOCC(=O)N[C@H](C(=O)N[C@@H](CCC(=O)O)C(=O)O)C(C)C)CC[C@]4(C)[C@@H]3CC[C@@]21C. The van der Waals surface area contributed by atoms with Gasteiger partial charge in [-0.1, -0.05) is 44.3 Å². The van der Waals surface area contributed by atoms with Gasteiger partial charge in [0.05, 0.1) is 5.71 Å². The number of nitrogens with one attached hydrogen (secondary N) is 2. The van der Waals surface area contributed by atoms with Crippen LogP contribution in [0, 0.1) is 46.8 Å². The molecule has 0 saturated heterocycles. The first-order valence-corrected chi connectivity index (χ1v) is 15.8. The van der Waals surface area contributed by atoms with Gasteiger partial charge < -0.3 is 30.8 Å². The minimum Gasteiger partial charge on any atom is -0.481 e. The molecule has 242 valence electrons. The second-order valence-electron chi connectivity index (χ2n) is 14.0. The molecule has 11 nitrogen and oxygen atoms in total. The van der Waals surface area contributed by atoms with Crippen LogP contribution in [0.15, 0.2) is 16.8 Å². The van der Waals surface area contributed by atoms with E-state index in [1.54, 1.807) is 13.8 Å². The van der Waals surface area contributed by atoms with Crippen molar-refractivity contribution in [3.63, 3.8) is 0 Å². The van der Waals surface area contributed by atoms with Gasteiger partial charge in [-0.25, -0.2) is 4.79 Å². The van der Waals surface area contributed by atoms with E-state index in [1.807, 2.05) is 0 Å². The first-order chi connectivity index (χ1) is 20.6. The number of terminal acetylenes is 1. The Bertz CT molecular complexity index is 1270. The van der Waals surface area contributed by atoms with Crippen molar-refractivity contribution in [3.05, 3.63) is 11.6 Å². The third-order valence-electron chi connectivity index (χ3n) is 11.3. The highest BCUT2D eigenvalue weighted by molar-refractivity contribution is 5.96. The van der Waals surface area contributed by atoms with Crippen LogP contribution in [-0.2, 0) is 24.0 Å². The minimum atomic E-state index is -1.39. The fourth-order valence-electron chi connectivity index (χ4n) is 8.61. The van der Waals surface area contributed by atoms with Gasteiger partial charge in [0.1, 0.15) is 17.7 Å². The Morgan fingerprint density at radius 1 is 1.07 bits per heavy atom. The monoisotopic (exact) mass is 613 g/mol. The van der Waals surface area contributed by atoms with Crippen LogP contribution in [0.2, 0.25) is 0 Å². The van der Waals surface area contributed by atoms with E-state index in [-0.39, 0.29) is 23.2 Å². The van der Waals surface area contributed by atoms with Gasteiger partial charge in [0.2, 0.25) is 5.91 Å². The number of hydrogen-bond acceptors (Lipinski definition) is 7. The zero-order chi connectivity index (χ0) is 32.4. The van der Waals surface area contributed by atoms with E-state index in [0.717, 1.165) is 44.2 Å². The number of carboxylic acid groups (broad SMARTS) is 2. The Hall–Kier alpha value is -3.39. The Morgan fingerprint density at radius 2 is 1.77 bits per heavy atom. The van der Waals surface area contributed by atoms with Crippen LogP contribution in [0.1, 0.15) is 91.9 Å². The highest BCUT2D eigenvalue weighted by Gasteiger charge is 2.63. The molecule has 4 aliphatic rings. The van der Waals surface area contributed by atoms with Gasteiger partial charge in [0.25, 0.3) is 5.91 Å². The molecule has 44 heavy (non-hydrogen) atoms. The van der Waals surface area contributed by atoms with Crippen molar-refractivity contribution in [1.29, 1.82) is 0 Å². The highest BCUT2D eigenvalue weighted by Crippen LogP contribution is 2.67. The van der Waals surface area contributed by atoms with Crippen LogP contribution in [0.5, 0.6) is 0 Å². The predicted octanol–water partition coefficient (Wildman–Crippen LogP) is 3.26. The molecule has 0 aromatic heterocycles. The second-order valence-corrected chi connectivity index (χ2v) is 14.0. The molecule has 4 aliphatic carbocycles. The lowest BCUT2D eigenvalue weighted by molar-refractivity contribution is -0.143. The number of oxime groups is 1. The smallest absolute Gasteiger partial charge is 0.326 e. The Kier molecular flexibility index (Phi) is 9.84. The maximum absolute atomic E-state index is 12.8. The number of fused-ring (bicyclic) bond motifs is 5. The van der Waals surface area contributed by atoms with Crippen LogP contribution in [0.4, 0.5) is 0 Å². The summed E-state index contributed by atoms with van der Waals surface area (Å²) < 4.78 is 0. The van der Waals surface area contributed by atoms with E-state index >= 15 is 0 Å². The van der Waals surface area contributed by atoms with Crippen molar-refractivity contribution in [1.82, 2.24) is 10.6 Å². The topological polar surface area (TPSA) is 175 Å². The first-order valence-electron chi connectivity index (χ1n) is 15.8. The molecule has 4 rings (SSSR count). The average Bonchev–Trinajstić information content (AvgIpc) is 3.24. The van der Waals surface area contributed by atoms with Gasteiger partial charge >= 0.3 is 11.9 Å². The molecular weight excluding hydrogens is 566 g/mol. The Balaban J connectivity index is 1.34. The molecule has 8 atom stereocenters. The second kappa shape index (κ2) is 12.9. The summed E-state index contributed by atoms with van der Waals surface area (Å²) in [4.78, 5) is 53.1. The number of carbonyl (C=O) groups excluding carboxylic acids is 2. The molecule has 0 heterocycles. The third kappa shape index (κ3) is 6.37. The van der Waals surface area contributed by atoms with Crippen LogP contribution in [0.3, 0.4) is 0 Å². The van der Waals surface area contributed by atoms with Crippen molar-refractivity contribution < 1.29 is 39.3 Å². The number of rotatable bonds is 11. The maximum Gasteiger partial charge on any atom is 0.326 e. The quantitative estimate of drug-likeness (QED) is 0.174. The normalized spacial score (nSPS) is 34.8. The van der Waals surface area contributed by atoms with Crippen LogP contribution in [0.25, 0.3) is 0 Å². The largest absolute Gasteiger partial charge is 0.481 e. The van der Waals surface area contributed by atoms with Gasteiger partial charge in [0.15, 0.2) is 6.61 Å². The van der Waals surface area contributed by atoms with Crippen LogP contribution >= 0.6 is 0 Å². The molecular formula is C33H47N3O8. The molecule has 0 bridgehead atoms. The molecule has 3 saturated carbocycles. The lowest BCUT2D eigenvalue weighted by Crippen LogP contribution is -2.54. The van der Waals surface area contributed by atoms with Crippen molar-refractivity contribution in [2.45, 2.75) is 110 Å². The number of amides is 2. The average molecular weight is 614 g/mol. The first kappa shape index (κ1) is 33.5. The van der Waals surface area contributed by atoms with Gasteiger partial charge in [0, 0.05) is 11.8 Å². The van der Waals surface area contributed by atoms with E-state index in [4.69, 9.17) is 16.4 Å².